The Hall–Kier alpha value is -2.83. The highest BCUT2D eigenvalue weighted by molar-refractivity contribution is 6.01. The van der Waals surface area contributed by atoms with Crippen LogP contribution in [-0.2, 0) is 11.2 Å². The van der Waals surface area contributed by atoms with Crippen LogP contribution in [0.2, 0.25) is 0 Å². The van der Waals surface area contributed by atoms with Gasteiger partial charge in [-0.1, -0.05) is 12.1 Å². The number of carbonyl (C=O) groups is 2. The van der Waals surface area contributed by atoms with Gasteiger partial charge in [0, 0.05) is 30.0 Å². The molecular formula is C18H20N4O3. The predicted octanol–water partition coefficient (Wildman–Crippen LogP) is 2.42. The molecule has 7 nitrogen and oxygen atoms in total. The number of nitrogens with zero attached hydrogens (tertiary/aromatic N) is 3. The molecule has 2 aliphatic heterocycles. The minimum atomic E-state index is -1.02. The van der Waals surface area contributed by atoms with E-state index in [4.69, 9.17) is 0 Å². The average Bonchev–Trinajstić information content (AvgIpc) is 3.32. The Balaban J connectivity index is 1.68. The second-order valence-electron chi connectivity index (χ2n) is 6.59. The molecule has 7 heteroatoms. The van der Waals surface area contributed by atoms with Crippen molar-refractivity contribution in [1.82, 2.24) is 15.1 Å². The molecule has 0 spiro atoms. The summed E-state index contributed by atoms with van der Waals surface area (Å²) in [5.74, 6) is -0.111. The smallest absolute Gasteiger partial charge is 0.407 e. The molecule has 0 radical (unpaired) electrons. The van der Waals surface area contributed by atoms with Crippen molar-refractivity contribution in [2.24, 2.45) is 0 Å². The van der Waals surface area contributed by atoms with Crippen molar-refractivity contribution in [2.45, 2.75) is 32.2 Å². The third kappa shape index (κ3) is 2.47. The van der Waals surface area contributed by atoms with Gasteiger partial charge < -0.3 is 10.0 Å². The van der Waals surface area contributed by atoms with Crippen molar-refractivity contribution in [3.05, 3.63) is 35.7 Å². The number of likely N-dealkylation sites (tertiary alicyclic amines) is 1. The number of anilines is 1. The lowest BCUT2D eigenvalue weighted by molar-refractivity contribution is -0.122. The third-order valence-electron chi connectivity index (χ3n) is 5.20. The van der Waals surface area contributed by atoms with Crippen LogP contribution in [0.4, 0.5) is 10.5 Å². The number of hydrogen-bond acceptors (Lipinski definition) is 3. The van der Waals surface area contributed by atoms with E-state index in [-0.39, 0.29) is 5.91 Å². The van der Waals surface area contributed by atoms with Crippen LogP contribution in [0.5, 0.6) is 0 Å². The molecule has 0 saturated carbocycles. The van der Waals surface area contributed by atoms with E-state index < -0.39 is 12.1 Å². The van der Waals surface area contributed by atoms with E-state index in [1.807, 2.05) is 25.1 Å². The second kappa shape index (κ2) is 5.91. The average molecular weight is 340 g/mol. The molecule has 0 bridgehead atoms. The fourth-order valence-corrected chi connectivity index (χ4v) is 3.97. The molecule has 1 aromatic heterocycles. The minimum absolute atomic E-state index is 0.111. The number of benzene rings is 1. The molecule has 1 atom stereocenters. The quantitative estimate of drug-likeness (QED) is 0.878. The van der Waals surface area contributed by atoms with Crippen molar-refractivity contribution >= 4 is 17.7 Å². The van der Waals surface area contributed by atoms with Crippen LogP contribution in [-0.4, -0.2) is 51.3 Å². The molecule has 1 aromatic carbocycles. The summed E-state index contributed by atoms with van der Waals surface area (Å²) in [6.45, 7) is 3.00. The molecule has 4 rings (SSSR count). The highest BCUT2D eigenvalue weighted by Gasteiger charge is 2.39. The van der Waals surface area contributed by atoms with Crippen LogP contribution in [0, 0.1) is 6.92 Å². The van der Waals surface area contributed by atoms with E-state index in [0.29, 0.717) is 19.5 Å². The Bertz CT molecular complexity index is 845. The lowest BCUT2D eigenvalue weighted by Crippen LogP contribution is -2.47. The number of aromatic amines is 1. The van der Waals surface area contributed by atoms with Gasteiger partial charge in [-0.05, 0) is 43.4 Å². The first-order valence-corrected chi connectivity index (χ1v) is 8.51. The van der Waals surface area contributed by atoms with Gasteiger partial charge in [-0.2, -0.15) is 5.10 Å². The number of rotatable bonds is 2. The topological polar surface area (TPSA) is 89.5 Å². The van der Waals surface area contributed by atoms with Crippen LogP contribution in [0.1, 0.15) is 24.1 Å². The van der Waals surface area contributed by atoms with E-state index >= 15 is 0 Å². The standard InChI is InChI=1S/C18H20N4O3/c1-11-14(10-19-20-11)12-4-2-5-15-13(12)7-9-21(15)17(23)16-6-3-8-22(16)18(24)25/h2,4-5,10,16H,3,6-9H2,1H3,(H,19,20)(H,24,25)/t16-/m0/s1. The van der Waals surface area contributed by atoms with Crippen LogP contribution in [0.25, 0.3) is 11.1 Å². The predicted molar refractivity (Wildman–Crippen MR) is 92.6 cm³/mol. The molecule has 3 heterocycles. The molecule has 2 amide bonds. The van der Waals surface area contributed by atoms with Crippen LogP contribution in [0.15, 0.2) is 24.4 Å². The largest absolute Gasteiger partial charge is 0.465 e. The van der Waals surface area contributed by atoms with E-state index in [9.17, 15) is 14.7 Å². The summed E-state index contributed by atoms with van der Waals surface area (Å²) in [7, 11) is 0. The van der Waals surface area contributed by atoms with Crippen molar-refractivity contribution < 1.29 is 14.7 Å². The summed E-state index contributed by atoms with van der Waals surface area (Å²) < 4.78 is 0. The zero-order valence-electron chi connectivity index (χ0n) is 14.0. The molecule has 25 heavy (non-hydrogen) atoms. The number of aromatic nitrogens is 2. The number of H-pyrrole nitrogens is 1. The first kappa shape index (κ1) is 15.7. The summed E-state index contributed by atoms with van der Waals surface area (Å²) in [6.07, 6.45) is 2.88. The van der Waals surface area contributed by atoms with Gasteiger partial charge >= 0.3 is 6.09 Å². The van der Waals surface area contributed by atoms with E-state index in [0.717, 1.165) is 40.9 Å². The van der Waals surface area contributed by atoms with E-state index in [1.54, 1.807) is 11.1 Å². The molecule has 2 aromatic rings. The molecule has 0 unspecified atom stereocenters. The van der Waals surface area contributed by atoms with Gasteiger partial charge in [-0.15, -0.1) is 0 Å². The normalized spacial score (nSPS) is 19.3. The molecule has 1 saturated heterocycles. The zero-order chi connectivity index (χ0) is 17.6. The lowest BCUT2D eigenvalue weighted by atomic mass is 9.98. The molecular weight excluding hydrogens is 320 g/mol. The number of fused-ring (bicyclic) bond motifs is 1. The Morgan fingerprint density at radius 1 is 1.28 bits per heavy atom. The molecule has 1 fully saturated rings. The summed E-state index contributed by atoms with van der Waals surface area (Å²) in [5, 5.41) is 16.4. The number of carboxylic acid groups (broad SMARTS) is 1. The van der Waals surface area contributed by atoms with Crippen LogP contribution < -0.4 is 4.90 Å². The molecule has 0 aliphatic carbocycles. The van der Waals surface area contributed by atoms with Crippen molar-refractivity contribution in [3.63, 3.8) is 0 Å². The van der Waals surface area contributed by atoms with Gasteiger partial charge in [0.1, 0.15) is 6.04 Å². The highest BCUT2D eigenvalue weighted by atomic mass is 16.4. The number of carbonyl (C=O) groups excluding carboxylic acids is 1. The SMILES string of the molecule is Cc1[nH]ncc1-c1cccc2c1CCN2C(=O)[C@@H]1CCCN1C(=O)O. The molecule has 2 N–H and O–H groups in total. The molecule has 2 aliphatic rings. The number of amides is 2. The number of hydrogen-bond donors (Lipinski definition) is 2. The summed E-state index contributed by atoms with van der Waals surface area (Å²) >= 11 is 0. The van der Waals surface area contributed by atoms with Crippen molar-refractivity contribution in [3.8, 4) is 11.1 Å². The maximum atomic E-state index is 13.0. The fraction of sp³-hybridized carbons (Fsp3) is 0.389. The number of aryl methyl sites for hydroxylation is 1. The monoisotopic (exact) mass is 340 g/mol. The van der Waals surface area contributed by atoms with Crippen LogP contribution in [0.3, 0.4) is 0 Å². The van der Waals surface area contributed by atoms with E-state index in [1.165, 1.54) is 4.90 Å². The zero-order valence-corrected chi connectivity index (χ0v) is 14.0. The Labute approximate surface area is 145 Å². The first-order chi connectivity index (χ1) is 12.1. The van der Waals surface area contributed by atoms with E-state index in [2.05, 4.69) is 10.2 Å². The molecule has 130 valence electrons. The third-order valence-corrected chi connectivity index (χ3v) is 5.20. The fourth-order valence-electron chi connectivity index (χ4n) is 3.97. The highest BCUT2D eigenvalue weighted by Crippen LogP contribution is 2.38. The first-order valence-electron chi connectivity index (χ1n) is 8.51. The van der Waals surface area contributed by atoms with Gasteiger partial charge in [-0.25, -0.2) is 4.79 Å². The van der Waals surface area contributed by atoms with Gasteiger partial charge in [0.15, 0.2) is 0 Å². The summed E-state index contributed by atoms with van der Waals surface area (Å²) in [6, 6.07) is 5.36. The maximum Gasteiger partial charge on any atom is 0.407 e. The van der Waals surface area contributed by atoms with Crippen molar-refractivity contribution in [2.75, 3.05) is 18.0 Å². The Kier molecular flexibility index (Phi) is 3.71. The maximum absolute atomic E-state index is 13.0. The minimum Gasteiger partial charge on any atom is -0.465 e. The van der Waals surface area contributed by atoms with Gasteiger partial charge in [0.05, 0.1) is 6.20 Å². The summed E-state index contributed by atoms with van der Waals surface area (Å²) in [4.78, 5) is 27.4. The van der Waals surface area contributed by atoms with Gasteiger partial charge in [-0.3, -0.25) is 14.8 Å². The Morgan fingerprint density at radius 3 is 2.84 bits per heavy atom. The second-order valence-corrected chi connectivity index (χ2v) is 6.59. The summed E-state index contributed by atoms with van der Waals surface area (Å²) in [5.41, 5.74) is 5.13. The van der Waals surface area contributed by atoms with Gasteiger partial charge in [0.2, 0.25) is 5.91 Å². The van der Waals surface area contributed by atoms with Gasteiger partial charge in [0.25, 0.3) is 0 Å². The van der Waals surface area contributed by atoms with Crippen molar-refractivity contribution in [1.29, 1.82) is 0 Å². The lowest BCUT2D eigenvalue weighted by Gasteiger charge is -2.26. The van der Waals surface area contributed by atoms with Crippen LogP contribution >= 0.6 is 0 Å². The number of nitrogens with one attached hydrogen (secondary N) is 1. The Morgan fingerprint density at radius 2 is 2.12 bits per heavy atom.